The Hall–Kier alpha value is -3.74. The molecule has 0 radical (unpaired) electrons. The average molecular weight is 400 g/mol. The van der Waals surface area contributed by atoms with Crippen molar-refractivity contribution in [3.05, 3.63) is 71.5 Å². The number of nitrogens with zero attached hydrogens (tertiary/aromatic N) is 4. The van der Waals surface area contributed by atoms with Crippen LogP contribution in [0, 0.1) is 0 Å². The minimum absolute atomic E-state index is 0.0279. The Morgan fingerprint density at radius 3 is 2.53 bits per heavy atom. The van der Waals surface area contributed by atoms with Crippen LogP contribution in [0.5, 0.6) is 11.5 Å². The number of benzene rings is 2. The fourth-order valence-electron chi connectivity index (χ4n) is 3.97. The molecule has 1 unspecified atom stereocenters. The molecule has 0 N–H and O–H groups in total. The van der Waals surface area contributed by atoms with Crippen LogP contribution in [0.1, 0.15) is 34.0 Å². The molecule has 4 aromatic rings. The smallest absolute Gasteiger partial charge is 0.252 e. The van der Waals surface area contributed by atoms with Crippen LogP contribution < -0.4 is 9.47 Å². The van der Waals surface area contributed by atoms with Crippen LogP contribution in [0.25, 0.3) is 17.2 Å². The maximum Gasteiger partial charge on any atom is 0.252 e. The van der Waals surface area contributed by atoms with Gasteiger partial charge >= 0.3 is 0 Å². The molecule has 7 nitrogen and oxygen atoms in total. The lowest BCUT2D eigenvalue weighted by Crippen LogP contribution is -2.21. The summed E-state index contributed by atoms with van der Waals surface area (Å²) in [5, 5.41) is 4.52. The van der Waals surface area contributed by atoms with Gasteiger partial charge in [-0.1, -0.05) is 18.2 Å². The van der Waals surface area contributed by atoms with Gasteiger partial charge < -0.3 is 9.47 Å². The Labute approximate surface area is 173 Å². The number of methoxy groups -OCH3 is 2. The fourth-order valence-corrected chi connectivity index (χ4v) is 3.97. The van der Waals surface area contributed by atoms with Crippen molar-refractivity contribution in [2.75, 3.05) is 14.2 Å². The Morgan fingerprint density at radius 1 is 0.967 bits per heavy atom. The molecule has 0 saturated heterocycles. The molecule has 1 atom stereocenters. The van der Waals surface area contributed by atoms with Crippen molar-refractivity contribution in [1.82, 2.24) is 19.6 Å². The Balaban J connectivity index is 1.52. The van der Waals surface area contributed by atoms with Gasteiger partial charge in [-0.2, -0.15) is 4.98 Å². The summed E-state index contributed by atoms with van der Waals surface area (Å²) in [4.78, 5) is 22.2. The van der Waals surface area contributed by atoms with E-state index in [0.717, 1.165) is 28.3 Å². The molecule has 1 aliphatic rings. The largest absolute Gasteiger partial charge is 0.497 e. The van der Waals surface area contributed by atoms with Crippen molar-refractivity contribution in [2.24, 2.45) is 0 Å². The zero-order chi connectivity index (χ0) is 20.7. The predicted molar refractivity (Wildman–Crippen MR) is 111 cm³/mol. The zero-order valence-corrected chi connectivity index (χ0v) is 16.7. The highest BCUT2D eigenvalue weighted by Gasteiger charge is 2.30. The lowest BCUT2D eigenvalue weighted by atomic mass is 9.82. The first-order valence-corrected chi connectivity index (χ1v) is 9.73. The molecule has 1 aliphatic carbocycles. The molecule has 0 saturated carbocycles. The maximum absolute atomic E-state index is 12.9. The molecule has 0 fully saturated rings. The number of carbonyl (C=O) groups is 1. The molecule has 150 valence electrons. The van der Waals surface area contributed by atoms with Crippen LogP contribution in [-0.2, 0) is 6.42 Å². The quantitative estimate of drug-likeness (QED) is 0.520. The third-order valence-corrected chi connectivity index (χ3v) is 5.51. The van der Waals surface area contributed by atoms with Crippen molar-refractivity contribution < 1.29 is 14.3 Å². The third kappa shape index (κ3) is 3.08. The van der Waals surface area contributed by atoms with Gasteiger partial charge in [0.15, 0.2) is 11.6 Å². The van der Waals surface area contributed by atoms with Gasteiger partial charge in [0.05, 0.1) is 25.5 Å². The van der Waals surface area contributed by atoms with Crippen molar-refractivity contribution in [3.8, 4) is 22.9 Å². The van der Waals surface area contributed by atoms with E-state index >= 15 is 0 Å². The van der Waals surface area contributed by atoms with Crippen molar-refractivity contribution in [3.63, 3.8) is 0 Å². The molecule has 30 heavy (non-hydrogen) atoms. The molecule has 0 spiro atoms. The van der Waals surface area contributed by atoms with Crippen LogP contribution in [0.3, 0.4) is 0 Å². The Bertz CT molecular complexity index is 1250. The molecule has 5 rings (SSSR count). The van der Waals surface area contributed by atoms with E-state index < -0.39 is 0 Å². The molecule has 2 aromatic carbocycles. The summed E-state index contributed by atoms with van der Waals surface area (Å²) < 4.78 is 12.3. The SMILES string of the molecule is COc1ccc(-c2nc3nc4c(cn3n2)C(=O)CC(c2ccccc2OC)C4)cc1. The molecule has 7 heteroatoms. The normalized spacial score (nSPS) is 15.8. The summed E-state index contributed by atoms with van der Waals surface area (Å²) in [5.41, 5.74) is 3.25. The van der Waals surface area contributed by atoms with E-state index in [2.05, 4.69) is 15.1 Å². The number of aromatic nitrogens is 4. The van der Waals surface area contributed by atoms with Crippen molar-refractivity contribution in [1.29, 1.82) is 0 Å². The van der Waals surface area contributed by atoms with E-state index in [1.807, 2.05) is 48.5 Å². The van der Waals surface area contributed by atoms with Gasteiger partial charge in [-0.3, -0.25) is 4.79 Å². The summed E-state index contributed by atoms with van der Waals surface area (Å²) in [6.07, 6.45) is 2.82. The molecule has 0 aliphatic heterocycles. The van der Waals surface area contributed by atoms with Gasteiger partial charge in [-0.25, -0.2) is 9.50 Å². The second-order valence-electron chi connectivity index (χ2n) is 7.28. The fraction of sp³-hybridized carbons (Fsp3) is 0.217. The second kappa shape index (κ2) is 7.26. The van der Waals surface area contributed by atoms with Gasteiger partial charge in [0.1, 0.15) is 11.5 Å². The zero-order valence-electron chi connectivity index (χ0n) is 16.7. The van der Waals surface area contributed by atoms with Gasteiger partial charge in [-0.15, -0.1) is 5.10 Å². The van der Waals surface area contributed by atoms with Gasteiger partial charge in [0.25, 0.3) is 5.78 Å². The van der Waals surface area contributed by atoms with E-state index in [4.69, 9.17) is 9.47 Å². The van der Waals surface area contributed by atoms with Crippen molar-refractivity contribution in [2.45, 2.75) is 18.8 Å². The van der Waals surface area contributed by atoms with Gasteiger partial charge in [-0.05, 0) is 42.3 Å². The Morgan fingerprint density at radius 2 is 1.77 bits per heavy atom. The van der Waals surface area contributed by atoms with E-state index in [1.165, 1.54) is 0 Å². The standard InChI is InChI=1S/C23H20N4O3/c1-29-16-9-7-14(8-10-16)22-25-23-24-19-11-15(17-5-3-4-6-21(17)30-2)12-20(28)18(19)13-27(23)26-22/h3-10,13,15H,11-12H2,1-2H3. The van der Waals surface area contributed by atoms with Crippen LogP contribution >= 0.6 is 0 Å². The Kier molecular flexibility index (Phi) is 4.43. The summed E-state index contributed by atoms with van der Waals surface area (Å²) in [5.74, 6) is 2.69. The van der Waals surface area contributed by atoms with Crippen LogP contribution in [0.15, 0.2) is 54.7 Å². The van der Waals surface area contributed by atoms with Crippen molar-refractivity contribution >= 4 is 11.6 Å². The van der Waals surface area contributed by atoms with Crippen LogP contribution in [0.2, 0.25) is 0 Å². The van der Waals surface area contributed by atoms with E-state index in [9.17, 15) is 4.79 Å². The van der Waals surface area contributed by atoms with Gasteiger partial charge in [0, 0.05) is 24.1 Å². The lowest BCUT2D eigenvalue weighted by Gasteiger charge is -2.24. The lowest BCUT2D eigenvalue weighted by molar-refractivity contribution is 0.0962. The number of ketones is 1. The van der Waals surface area contributed by atoms with E-state index in [1.54, 1.807) is 24.9 Å². The molecule has 2 heterocycles. The summed E-state index contributed by atoms with van der Waals surface area (Å²) in [6, 6.07) is 15.4. The summed E-state index contributed by atoms with van der Waals surface area (Å²) in [7, 11) is 3.28. The molecule has 0 amide bonds. The highest BCUT2D eigenvalue weighted by Crippen LogP contribution is 2.36. The first-order chi connectivity index (χ1) is 14.7. The molecule has 2 aromatic heterocycles. The molecule has 0 bridgehead atoms. The highest BCUT2D eigenvalue weighted by molar-refractivity contribution is 5.98. The average Bonchev–Trinajstić information content (AvgIpc) is 3.21. The minimum Gasteiger partial charge on any atom is -0.497 e. The topological polar surface area (TPSA) is 78.6 Å². The van der Waals surface area contributed by atoms with Crippen LogP contribution in [-0.4, -0.2) is 39.6 Å². The summed E-state index contributed by atoms with van der Waals surface area (Å²) >= 11 is 0. The maximum atomic E-state index is 12.9. The minimum atomic E-state index is 0.0279. The van der Waals surface area contributed by atoms with E-state index in [-0.39, 0.29) is 11.7 Å². The number of rotatable bonds is 4. The first-order valence-electron chi connectivity index (χ1n) is 9.73. The number of Topliss-reactive ketones (excluding diaryl/α,β-unsaturated/α-hetero) is 1. The molecular weight excluding hydrogens is 380 g/mol. The number of para-hydroxylation sites is 1. The predicted octanol–water partition coefficient (Wildman–Crippen LogP) is 3.72. The van der Waals surface area contributed by atoms with E-state index in [0.29, 0.717) is 30.0 Å². The monoisotopic (exact) mass is 400 g/mol. The number of fused-ring (bicyclic) bond motifs is 2. The third-order valence-electron chi connectivity index (χ3n) is 5.51. The number of hydrogen-bond donors (Lipinski definition) is 0. The number of ether oxygens (including phenoxy) is 2. The van der Waals surface area contributed by atoms with Crippen LogP contribution in [0.4, 0.5) is 0 Å². The number of carbonyl (C=O) groups excluding carboxylic acids is 1. The highest BCUT2D eigenvalue weighted by atomic mass is 16.5. The van der Waals surface area contributed by atoms with Gasteiger partial charge in [0.2, 0.25) is 0 Å². The second-order valence-corrected chi connectivity index (χ2v) is 7.28. The first kappa shape index (κ1) is 18.3. The molecular formula is C23H20N4O3. The number of hydrogen-bond acceptors (Lipinski definition) is 6. The summed E-state index contributed by atoms with van der Waals surface area (Å²) in [6.45, 7) is 0.